The van der Waals surface area contributed by atoms with Crippen LogP contribution >= 0.6 is 0 Å². The molecule has 1 heterocycles. The van der Waals surface area contributed by atoms with Crippen molar-refractivity contribution >= 4 is 5.91 Å². The highest BCUT2D eigenvalue weighted by molar-refractivity contribution is 5.82. The van der Waals surface area contributed by atoms with Crippen LogP contribution in [-0.2, 0) is 11.3 Å². The number of nitrogens with two attached hydrogens (primary N) is 1. The van der Waals surface area contributed by atoms with Crippen LogP contribution in [0.15, 0.2) is 24.3 Å². The van der Waals surface area contributed by atoms with Gasteiger partial charge in [0.05, 0.1) is 12.6 Å². The summed E-state index contributed by atoms with van der Waals surface area (Å²) in [5.74, 6) is 1.25. The number of rotatable bonds is 7. The van der Waals surface area contributed by atoms with Crippen LogP contribution in [0.4, 0.5) is 0 Å². The van der Waals surface area contributed by atoms with Gasteiger partial charge in [-0.1, -0.05) is 32.4 Å². The third-order valence-electron chi connectivity index (χ3n) is 4.87. The summed E-state index contributed by atoms with van der Waals surface area (Å²) in [7, 11) is 0. The van der Waals surface area contributed by atoms with Crippen molar-refractivity contribution < 1.29 is 9.53 Å². The van der Waals surface area contributed by atoms with Gasteiger partial charge in [-0.25, -0.2) is 0 Å². The summed E-state index contributed by atoms with van der Waals surface area (Å²) < 4.78 is 5.47. The van der Waals surface area contributed by atoms with Crippen LogP contribution in [0.2, 0.25) is 0 Å². The summed E-state index contributed by atoms with van der Waals surface area (Å²) in [5, 5.41) is 0. The number of amides is 1. The summed E-state index contributed by atoms with van der Waals surface area (Å²) in [6.07, 6.45) is 0.935. The highest BCUT2D eigenvalue weighted by Crippen LogP contribution is 2.15. The summed E-state index contributed by atoms with van der Waals surface area (Å²) in [5.41, 5.74) is 7.36. The molecule has 1 aromatic carbocycles. The van der Waals surface area contributed by atoms with E-state index in [1.54, 1.807) is 0 Å². The Morgan fingerprint density at radius 1 is 1.17 bits per heavy atom. The van der Waals surface area contributed by atoms with Crippen molar-refractivity contribution in [2.24, 2.45) is 11.7 Å². The molecule has 0 saturated carbocycles. The van der Waals surface area contributed by atoms with Gasteiger partial charge in [-0.3, -0.25) is 9.69 Å². The molecule has 134 valence electrons. The molecule has 5 heteroatoms. The number of carbonyl (C=O) groups is 1. The summed E-state index contributed by atoms with van der Waals surface area (Å²) in [6, 6.07) is 7.89. The van der Waals surface area contributed by atoms with Gasteiger partial charge in [0.2, 0.25) is 5.91 Å². The Labute approximate surface area is 145 Å². The zero-order chi connectivity index (χ0) is 17.5. The molecular weight excluding hydrogens is 302 g/mol. The number of benzene rings is 1. The molecule has 2 rings (SSSR count). The maximum Gasteiger partial charge on any atom is 0.239 e. The third-order valence-corrected chi connectivity index (χ3v) is 4.87. The first-order valence-corrected chi connectivity index (χ1v) is 9.03. The van der Waals surface area contributed by atoms with E-state index in [0.717, 1.165) is 44.9 Å². The molecular formula is C19H31N3O2. The van der Waals surface area contributed by atoms with Gasteiger partial charge in [-0.2, -0.15) is 0 Å². The zero-order valence-corrected chi connectivity index (χ0v) is 15.2. The van der Waals surface area contributed by atoms with E-state index in [-0.39, 0.29) is 17.9 Å². The fourth-order valence-corrected chi connectivity index (χ4v) is 2.95. The van der Waals surface area contributed by atoms with Gasteiger partial charge in [-0.05, 0) is 30.5 Å². The molecule has 0 radical (unpaired) electrons. The Bertz CT molecular complexity index is 510. The van der Waals surface area contributed by atoms with E-state index in [1.807, 2.05) is 30.9 Å². The Kier molecular flexibility index (Phi) is 7.06. The van der Waals surface area contributed by atoms with Crippen LogP contribution in [0.5, 0.6) is 5.75 Å². The summed E-state index contributed by atoms with van der Waals surface area (Å²) >= 11 is 0. The van der Waals surface area contributed by atoms with Crippen molar-refractivity contribution in [3.8, 4) is 5.75 Å². The normalized spacial score (nSPS) is 18.2. The molecule has 0 bridgehead atoms. The minimum Gasteiger partial charge on any atom is -0.494 e. The van der Waals surface area contributed by atoms with Crippen LogP contribution in [0.3, 0.4) is 0 Å². The van der Waals surface area contributed by atoms with Gasteiger partial charge in [-0.15, -0.1) is 0 Å². The lowest BCUT2D eigenvalue weighted by Gasteiger charge is -2.36. The fourth-order valence-electron chi connectivity index (χ4n) is 2.95. The van der Waals surface area contributed by atoms with E-state index in [9.17, 15) is 4.79 Å². The van der Waals surface area contributed by atoms with Crippen LogP contribution in [0.1, 0.15) is 32.8 Å². The standard InChI is InChI=1S/C19H31N3O2/c1-4-15(3)18(20)19(23)22-12-10-21(11-13-22)14-16-6-8-17(9-7-16)24-5-2/h6-9,15,18H,4-5,10-14,20H2,1-3H3. The average molecular weight is 333 g/mol. The molecule has 1 fully saturated rings. The molecule has 0 aromatic heterocycles. The van der Waals surface area contributed by atoms with Gasteiger partial charge >= 0.3 is 0 Å². The predicted octanol–water partition coefficient (Wildman–Crippen LogP) is 2.10. The number of nitrogens with zero attached hydrogens (tertiary/aromatic N) is 2. The van der Waals surface area contributed by atoms with Gasteiger partial charge in [0.15, 0.2) is 0 Å². The largest absolute Gasteiger partial charge is 0.494 e. The molecule has 0 aliphatic carbocycles. The van der Waals surface area contributed by atoms with Gasteiger partial charge in [0, 0.05) is 32.7 Å². The lowest BCUT2D eigenvalue weighted by atomic mass is 9.98. The average Bonchev–Trinajstić information content (AvgIpc) is 2.62. The second-order valence-electron chi connectivity index (χ2n) is 6.59. The highest BCUT2D eigenvalue weighted by atomic mass is 16.5. The van der Waals surface area contributed by atoms with E-state index in [4.69, 9.17) is 10.5 Å². The molecule has 2 unspecified atom stereocenters. The monoisotopic (exact) mass is 333 g/mol. The first-order valence-electron chi connectivity index (χ1n) is 9.03. The van der Waals surface area contributed by atoms with E-state index in [0.29, 0.717) is 6.61 Å². The fraction of sp³-hybridized carbons (Fsp3) is 0.632. The Hall–Kier alpha value is -1.59. The van der Waals surface area contributed by atoms with Crippen molar-refractivity contribution in [1.29, 1.82) is 0 Å². The molecule has 2 N–H and O–H groups in total. The zero-order valence-electron chi connectivity index (χ0n) is 15.2. The van der Waals surface area contributed by atoms with E-state index in [1.165, 1.54) is 5.56 Å². The first-order chi connectivity index (χ1) is 11.5. The van der Waals surface area contributed by atoms with Crippen LogP contribution in [0.25, 0.3) is 0 Å². The van der Waals surface area contributed by atoms with Crippen molar-refractivity contribution in [2.45, 2.75) is 39.8 Å². The van der Waals surface area contributed by atoms with E-state index >= 15 is 0 Å². The molecule has 24 heavy (non-hydrogen) atoms. The minimum absolute atomic E-state index is 0.102. The molecule has 1 aliphatic rings. The van der Waals surface area contributed by atoms with Gasteiger partial charge < -0.3 is 15.4 Å². The SMILES string of the molecule is CCOc1ccc(CN2CCN(C(=O)C(N)C(C)CC)CC2)cc1. The Morgan fingerprint density at radius 2 is 1.79 bits per heavy atom. The minimum atomic E-state index is -0.368. The van der Waals surface area contributed by atoms with Crippen molar-refractivity contribution in [3.05, 3.63) is 29.8 Å². The molecule has 1 aromatic rings. The summed E-state index contributed by atoms with van der Waals surface area (Å²) in [4.78, 5) is 16.7. The molecule has 5 nitrogen and oxygen atoms in total. The molecule has 0 spiro atoms. The van der Waals surface area contributed by atoms with Gasteiger partial charge in [0.1, 0.15) is 5.75 Å². The number of hydrogen-bond donors (Lipinski definition) is 1. The number of carbonyl (C=O) groups excluding carboxylic acids is 1. The van der Waals surface area contributed by atoms with Crippen LogP contribution in [0, 0.1) is 5.92 Å². The topological polar surface area (TPSA) is 58.8 Å². The smallest absolute Gasteiger partial charge is 0.239 e. The molecule has 1 amide bonds. The quantitative estimate of drug-likeness (QED) is 0.830. The highest BCUT2D eigenvalue weighted by Gasteiger charge is 2.27. The van der Waals surface area contributed by atoms with E-state index < -0.39 is 0 Å². The van der Waals surface area contributed by atoms with Crippen molar-refractivity contribution in [1.82, 2.24) is 9.80 Å². The lowest BCUT2D eigenvalue weighted by Crippen LogP contribution is -2.54. The maximum absolute atomic E-state index is 12.4. The number of ether oxygens (including phenoxy) is 1. The number of piperazine rings is 1. The number of hydrogen-bond acceptors (Lipinski definition) is 4. The third kappa shape index (κ3) is 4.95. The van der Waals surface area contributed by atoms with Crippen molar-refractivity contribution in [2.75, 3.05) is 32.8 Å². The second-order valence-corrected chi connectivity index (χ2v) is 6.59. The molecule has 1 saturated heterocycles. The Morgan fingerprint density at radius 3 is 2.33 bits per heavy atom. The van der Waals surface area contributed by atoms with Crippen LogP contribution in [-0.4, -0.2) is 54.5 Å². The van der Waals surface area contributed by atoms with Crippen molar-refractivity contribution in [3.63, 3.8) is 0 Å². The second kappa shape index (κ2) is 9.04. The Balaban J connectivity index is 1.81. The van der Waals surface area contributed by atoms with Gasteiger partial charge in [0.25, 0.3) is 0 Å². The first kappa shape index (κ1) is 18.7. The molecule has 2 atom stereocenters. The van der Waals surface area contributed by atoms with E-state index in [2.05, 4.69) is 24.0 Å². The lowest BCUT2D eigenvalue weighted by molar-refractivity contribution is -0.135. The maximum atomic E-state index is 12.4. The van der Waals surface area contributed by atoms with Crippen LogP contribution < -0.4 is 10.5 Å². The predicted molar refractivity (Wildman–Crippen MR) is 96.9 cm³/mol. The summed E-state index contributed by atoms with van der Waals surface area (Å²) in [6.45, 7) is 11.0. The molecule has 1 aliphatic heterocycles.